The summed E-state index contributed by atoms with van der Waals surface area (Å²) in [4.78, 5) is 17.1. The van der Waals surface area contributed by atoms with E-state index in [2.05, 4.69) is 40.5 Å². The molecule has 1 saturated carbocycles. The molecular weight excluding hydrogens is 290 g/mol. The van der Waals surface area contributed by atoms with Crippen molar-refractivity contribution in [1.82, 2.24) is 24.9 Å². The van der Waals surface area contributed by atoms with Crippen molar-refractivity contribution < 1.29 is 4.79 Å². The zero-order chi connectivity index (χ0) is 16.4. The quantitative estimate of drug-likeness (QED) is 0.917. The summed E-state index contributed by atoms with van der Waals surface area (Å²) in [5, 5.41) is 7.51. The van der Waals surface area contributed by atoms with E-state index in [1.54, 1.807) is 0 Å². The lowest BCUT2D eigenvalue weighted by Gasteiger charge is -2.32. The van der Waals surface area contributed by atoms with Crippen LogP contribution in [-0.2, 0) is 13.5 Å². The van der Waals surface area contributed by atoms with Crippen LogP contribution in [0.5, 0.6) is 0 Å². The smallest absolute Gasteiger partial charge is 0.317 e. The van der Waals surface area contributed by atoms with E-state index in [0.717, 1.165) is 32.2 Å². The molecule has 2 heterocycles. The summed E-state index contributed by atoms with van der Waals surface area (Å²) in [7, 11) is 6.16. The number of nitrogens with zero attached hydrogens (tertiary/aromatic N) is 4. The number of carbonyl (C=O) groups excluding carboxylic acids is 1. The molecule has 2 amide bonds. The van der Waals surface area contributed by atoms with E-state index < -0.39 is 0 Å². The van der Waals surface area contributed by atoms with Gasteiger partial charge in [0, 0.05) is 31.9 Å². The number of amides is 2. The molecule has 1 N–H and O–H groups in total. The molecule has 23 heavy (non-hydrogen) atoms. The Morgan fingerprint density at radius 2 is 2.09 bits per heavy atom. The number of rotatable bonds is 4. The number of nitrogens with one attached hydrogen (secondary N) is 1. The molecule has 2 atom stereocenters. The van der Waals surface area contributed by atoms with Gasteiger partial charge in [-0.25, -0.2) is 4.79 Å². The molecule has 0 aromatic carbocycles. The first-order valence-electron chi connectivity index (χ1n) is 8.75. The van der Waals surface area contributed by atoms with Gasteiger partial charge in [0.25, 0.3) is 0 Å². The second-order valence-electron chi connectivity index (χ2n) is 7.24. The highest BCUT2D eigenvalue weighted by Crippen LogP contribution is 2.26. The maximum Gasteiger partial charge on any atom is 0.317 e. The van der Waals surface area contributed by atoms with E-state index in [1.165, 1.54) is 18.4 Å². The largest absolute Gasteiger partial charge is 0.335 e. The van der Waals surface area contributed by atoms with Gasteiger partial charge in [-0.2, -0.15) is 5.10 Å². The number of likely N-dealkylation sites (N-methyl/N-ethyl adjacent to an activating group) is 1. The molecule has 128 valence electrons. The first-order valence-corrected chi connectivity index (χ1v) is 8.75. The van der Waals surface area contributed by atoms with Crippen molar-refractivity contribution in [3.63, 3.8) is 0 Å². The molecule has 2 fully saturated rings. The van der Waals surface area contributed by atoms with Crippen LogP contribution >= 0.6 is 0 Å². The van der Waals surface area contributed by atoms with Crippen LogP contribution in [0.2, 0.25) is 0 Å². The number of hydrogen-bond acceptors (Lipinski definition) is 3. The Bertz CT molecular complexity index is 535. The van der Waals surface area contributed by atoms with Crippen molar-refractivity contribution in [2.24, 2.45) is 7.05 Å². The van der Waals surface area contributed by atoms with Gasteiger partial charge in [0.2, 0.25) is 0 Å². The molecule has 2 aliphatic rings. The normalized spacial score (nSPS) is 25.5. The average molecular weight is 319 g/mol. The fourth-order valence-corrected chi connectivity index (χ4v) is 4.08. The van der Waals surface area contributed by atoms with Gasteiger partial charge in [0.05, 0.1) is 12.2 Å². The minimum absolute atomic E-state index is 0.121. The fraction of sp³-hybridized carbons (Fsp3) is 0.765. The van der Waals surface area contributed by atoms with Crippen LogP contribution in [0.15, 0.2) is 12.4 Å². The Kier molecular flexibility index (Phi) is 4.90. The molecule has 1 aromatic rings. The Hall–Kier alpha value is -1.56. The lowest BCUT2D eigenvalue weighted by Crippen LogP contribution is -2.50. The van der Waals surface area contributed by atoms with Crippen molar-refractivity contribution in [1.29, 1.82) is 0 Å². The Labute approximate surface area is 138 Å². The summed E-state index contributed by atoms with van der Waals surface area (Å²) in [5.74, 6) is 0. The van der Waals surface area contributed by atoms with Crippen LogP contribution < -0.4 is 5.32 Å². The summed E-state index contributed by atoms with van der Waals surface area (Å²) in [6.07, 6.45) is 10.6. The number of aromatic nitrogens is 2. The first kappa shape index (κ1) is 16.3. The molecule has 1 saturated heterocycles. The number of urea groups is 1. The van der Waals surface area contributed by atoms with Crippen LogP contribution in [0.1, 0.15) is 37.7 Å². The fourth-order valence-electron chi connectivity index (χ4n) is 4.08. The topological polar surface area (TPSA) is 53.4 Å². The lowest BCUT2D eigenvalue weighted by molar-refractivity contribution is 0.168. The Morgan fingerprint density at radius 1 is 1.35 bits per heavy atom. The van der Waals surface area contributed by atoms with Crippen molar-refractivity contribution >= 4 is 6.03 Å². The van der Waals surface area contributed by atoms with E-state index in [-0.39, 0.29) is 12.1 Å². The molecule has 3 rings (SSSR count). The molecular formula is C17H29N5O. The molecule has 0 unspecified atom stereocenters. The highest BCUT2D eigenvalue weighted by molar-refractivity contribution is 5.75. The van der Waals surface area contributed by atoms with E-state index >= 15 is 0 Å². The van der Waals surface area contributed by atoms with Crippen LogP contribution in [-0.4, -0.2) is 64.4 Å². The van der Waals surface area contributed by atoms with Crippen molar-refractivity contribution in [2.45, 2.75) is 56.7 Å². The standard InChI is InChI=1S/C17H29N5O/c1-20(2)15-8-9-22(17(23)19-14-6-4-5-7-14)16(15)10-13-11-18-21(3)12-13/h11-12,14-16H,4-10H2,1-3H3,(H,19,23)/t15-,16+/m1/s1. The maximum absolute atomic E-state index is 12.8. The highest BCUT2D eigenvalue weighted by atomic mass is 16.2. The van der Waals surface area contributed by atoms with Crippen LogP contribution in [0.25, 0.3) is 0 Å². The van der Waals surface area contributed by atoms with Crippen molar-refractivity contribution in [3.8, 4) is 0 Å². The second kappa shape index (κ2) is 6.91. The SMILES string of the molecule is CN(C)[C@@H]1CCN(C(=O)NC2CCCC2)[C@H]1Cc1cnn(C)c1. The number of likely N-dealkylation sites (tertiary alicyclic amines) is 1. The maximum atomic E-state index is 12.8. The van der Waals surface area contributed by atoms with Gasteiger partial charge in [0.15, 0.2) is 0 Å². The molecule has 0 spiro atoms. The third kappa shape index (κ3) is 3.68. The van der Waals surface area contributed by atoms with Gasteiger partial charge >= 0.3 is 6.03 Å². The predicted octanol–water partition coefficient (Wildman–Crippen LogP) is 1.62. The first-order chi connectivity index (χ1) is 11.0. The highest BCUT2D eigenvalue weighted by Gasteiger charge is 2.38. The van der Waals surface area contributed by atoms with Crippen molar-refractivity contribution in [3.05, 3.63) is 18.0 Å². The predicted molar refractivity (Wildman–Crippen MR) is 90.3 cm³/mol. The molecule has 6 nitrogen and oxygen atoms in total. The summed E-state index contributed by atoms with van der Waals surface area (Å²) in [5.41, 5.74) is 1.20. The zero-order valence-electron chi connectivity index (χ0n) is 14.5. The number of carbonyl (C=O) groups is 1. The average Bonchev–Trinajstić information content (AvgIpc) is 3.20. The molecule has 0 bridgehead atoms. The molecule has 0 radical (unpaired) electrons. The van der Waals surface area contributed by atoms with Gasteiger partial charge in [0.1, 0.15) is 0 Å². The summed E-state index contributed by atoms with van der Waals surface area (Å²) >= 11 is 0. The number of hydrogen-bond donors (Lipinski definition) is 1. The van der Waals surface area contributed by atoms with Gasteiger partial charge in [-0.05, 0) is 45.3 Å². The third-order valence-electron chi connectivity index (χ3n) is 5.32. The minimum Gasteiger partial charge on any atom is -0.335 e. The molecule has 1 aliphatic carbocycles. The van der Waals surface area contributed by atoms with E-state index in [1.807, 2.05) is 17.9 Å². The zero-order valence-corrected chi connectivity index (χ0v) is 14.5. The number of aryl methyl sites for hydroxylation is 1. The van der Waals surface area contributed by atoms with E-state index in [4.69, 9.17) is 0 Å². The van der Waals surface area contributed by atoms with Crippen LogP contribution in [0.3, 0.4) is 0 Å². The minimum atomic E-state index is 0.121. The van der Waals surface area contributed by atoms with Crippen LogP contribution in [0, 0.1) is 0 Å². The summed E-state index contributed by atoms with van der Waals surface area (Å²) in [6.45, 7) is 0.840. The van der Waals surface area contributed by atoms with Gasteiger partial charge in [-0.1, -0.05) is 12.8 Å². The van der Waals surface area contributed by atoms with Gasteiger partial charge < -0.3 is 15.1 Å². The Balaban J connectivity index is 1.70. The third-order valence-corrected chi connectivity index (χ3v) is 5.32. The lowest BCUT2D eigenvalue weighted by atomic mass is 10.0. The van der Waals surface area contributed by atoms with Crippen LogP contribution in [0.4, 0.5) is 4.79 Å². The van der Waals surface area contributed by atoms with Crippen molar-refractivity contribution in [2.75, 3.05) is 20.6 Å². The van der Waals surface area contributed by atoms with E-state index in [9.17, 15) is 4.79 Å². The monoisotopic (exact) mass is 319 g/mol. The molecule has 1 aliphatic heterocycles. The van der Waals surface area contributed by atoms with Gasteiger partial charge in [-0.3, -0.25) is 4.68 Å². The molecule has 1 aromatic heterocycles. The molecule has 6 heteroatoms. The van der Waals surface area contributed by atoms with E-state index in [0.29, 0.717) is 12.1 Å². The summed E-state index contributed by atoms with van der Waals surface area (Å²) < 4.78 is 1.83. The second-order valence-corrected chi connectivity index (χ2v) is 7.24. The Morgan fingerprint density at radius 3 is 2.70 bits per heavy atom. The van der Waals surface area contributed by atoms with Gasteiger partial charge in [-0.15, -0.1) is 0 Å². The summed E-state index contributed by atoms with van der Waals surface area (Å²) in [6, 6.07) is 1.12.